The fourth-order valence-electron chi connectivity index (χ4n) is 5.59. The summed E-state index contributed by atoms with van der Waals surface area (Å²) in [6, 6.07) is 18.4. The van der Waals surface area contributed by atoms with Gasteiger partial charge < -0.3 is 24.8 Å². The van der Waals surface area contributed by atoms with Crippen LogP contribution in [0.15, 0.2) is 77.7 Å². The number of hydrogen-bond acceptors (Lipinski definition) is 7. The number of aliphatic hydroxyl groups is 1. The number of anilines is 1. The first kappa shape index (κ1) is 37.0. The number of amides is 2. The number of carbonyl (C=O) groups excluding carboxylic acids is 2. The van der Waals surface area contributed by atoms with Crippen LogP contribution in [0.25, 0.3) is 0 Å². The molecule has 0 bridgehead atoms. The van der Waals surface area contributed by atoms with Crippen LogP contribution >= 0.6 is 0 Å². The number of likely N-dealkylation sites (N-methyl/N-ethyl adjacent to an activating group) is 1. The smallest absolute Gasteiger partial charge is 0.258 e. The normalized spacial score (nSPS) is 20.4. The highest BCUT2D eigenvalue weighted by atomic mass is 32.2. The summed E-state index contributed by atoms with van der Waals surface area (Å²) in [5.41, 5.74) is 1.52. The highest BCUT2D eigenvalue weighted by Crippen LogP contribution is 2.29. The number of fused-ring (bicyclic) bond motifs is 1. The molecule has 3 aromatic rings. The van der Waals surface area contributed by atoms with Gasteiger partial charge in [0.25, 0.3) is 5.91 Å². The third kappa shape index (κ3) is 9.85. The average molecular weight is 684 g/mol. The second-order valence-corrected chi connectivity index (χ2v) is 14.5. The number of nitrogens with one attached hydrogen (secondary N) is 1. The van der Waals surface area contributed by atoms with Gasteiger partial charge in [-0.05, 0) is 81.1 Å². The lowest BCUT2D eigenvalue weighted by Crippen LogP contribution is -2.48. The molecule has 2 amide bonds. The van der Waals surface area contributed by atoms with E-state index in [-0.39, 0.29) is 54.5 Å². The molecule has 1 heterocycles. The molecular formula is C36H46FN3O7S. The van der Waals surface area contributed by atoms with Crippen LogP contribution < -0.4 is 10.1 Å². The molecule has 0 fully saturated rings. The van der Waals surface area contributed by atoms with Crippen molar-refractivity contribution in [1.82, 2.24) is 9.21 Å². The van der Waals surface area contributed by atoms with E-state index in [2.05, 4.69) is 5.32 Å². The number of carbonyl (C=O) groups is 2. The fourth-order valence-corrected chi connectivity index (χ4v) is 6.77. The Morgan fingerprint density at radius 3 is 2.48 bits per heavy atom. The van der Waals surface area contributed by atoms with E-state index in [0.29, 0.717) is 30.9 Å². The van der Waals surface area contributed by atoms with Crippen LogP contribution in [-0.4, -0.2) is 86.1 Å². The fraction of sp³-hybridized carbons (Fsp3) is 0.444. The van der Waals surface area contributed by atoms with E-state index in [1.54, 1.807) is 25.1 Å². The van der Waals surface area contributed by atoms with E-state index >= 15 is 0 Å². The number of rotatable bonds is 9. The molecule has 3 aromatic carbocycles. The van der Waals surface area contributed by atoms with Crippen LogP contribution in [0.4, 0.5) is 10.1 Å². The summed E-state index contributed by atoms with van der Waals surface area (Å²) in [7, 11) is -2.51. The Morgan fingerprint density at radius 2 is 1.79 bits per heavy atom. The first-order valence-corrected chi connectivity index (χ1v) is 17.7. The SMILES string of the molecule is C[C@@H]1CCCCO[C@H](CN(C)S(=O)(=O)c2ccc(F)cc2)[C@@H](C)CN([C@@H](C)CO)C(=O)c2cc(NC(=O)Cc3ccccc3)ccc2O1. The molecule has 4 atom stereocenters. The lowest BCUT2D eigenvalue weighted by Gasteiger charge is -2.35. The van der Waals surface area contributed by atoms with Gasteiger partial charge in [0, 0.05) is 38.3 Å². The quantitative estimate of drug-likeness (QED) is 0.321. The van der Waals surface area contributed by atoms with E-state index < -0.39 is 33.9 Å². The Hall–Kier alpha value is -3.84. The number of hydrogen-bond donors (Lipinski definition) is 2. The zero-order valence-corrected chi connectivity index (χ0v) is 28.8. The van der Waals surface area contributed by atoms with Gasteiger partial charge in [-0.1, -0.05) is 37.3 Å². The Labute approximate surface area is 282 Å². The molecule has 0 saturated heterocycles. The second kappa shape index (κ2) is 17.0. The number of nitrogens with zero attached hydrogens (tertiary/aromatic N) is 2. The minimum absolute atomic E-state index is 0.00981. The second-order valence-electron chi connectivity index (χ2n) is 12.5. The van der Waals surface area contributed by atoms with E-state index in [1.807, 2.05) is 44.2 Å². The van der Waals surface area contributed by atoms with Crippen LogP contribution in [-0.2, 0) is 26.0 Å². The molecule has 0 aromatic heterocycles. The summed E-state index contributed by atoms with van der Waals surface area (Å²) < 4.78 is 53.9. The third-order valence-corrected chi connectivity index (χ3v) is 10.3. The summed E-state index contributed by atoms with van der Waals surface area (Å²) in [5, 5.41) is 13.1. The van der Waals surface area contributed by atoms with Crippen LogP contribution in [0.2, 0.25) is 0 Å². The van der Waals surface area contributed by atoms with Gasteiger partial charge in [0.2, 0.25) is 15.9 Å². The Kier molecular flexibility index (Phi) is 13.1. The standard InChI is InChI=1S/C36H46FN3O7S/c1-25-22-40(26(2)24-41)36(43)32-21-30(38-35(42)20-28-11-6-5-7-12-28)15-18-33(32)47-27(3)10-8-9-19-46-34(25)23-39(4)48(44,45)31-16-13-29(37)14-17-31/h5-7,11-18,21,25-27,34,41H,8-10,19-20,22-24H2,1-4H3,(H,38,42)/t25-,26-,27+,34+/m0/s1. The lowest BCUT2D eigenvalue weighted by molar-refractivity contribution is -0.115. The van der Waals surface area contributed by atoms with Gasteiger partial charge in [0.1, 0.15) is 11.6 Å². The zero-order chi connectivity index (χ0) is 34.8. The summed E-state index contributed by atoms with van der Waals surface area (Å²) in [5.74, 6) is -1.18. The molecule has 1 aliphatic rings. The molecule has 0 saturated carbocycles. The van der Waals surface area contributed by atoms with Gasteiger partial charge in [0.05, 0.1) is 41.7 Å². The Balaban J connectivity index is 1.62. The molecule has 0 radical (unpaired) electrons. The minimum atomic E-state index is -3.95. The number of benzene rings is 3. The van der Waals surface area contributed by atoms with Gasteiger partial charge in [-0.15, -0.1) is 0 Å². The number of sulfonamides is 1. The van der Waals surface area contributed by atoms with Gasteiger partial charge in [-0.3, -0.25) is 9.59 Å². The van der Waals surface area contributed by atoms with Crippen molar-refractivity contribution >= 4 is 27.5 Å². The number of halogens is 1. The van der Waals surface area contributed by atoms with E-state index in [9.17, 15) is 27.5 Å². The molecule has 2 N–H and O–H groups in total. The van der Waals surface area contributed by atoms with Crippen molar-refractivity contribution in [3.8, 4) is 5.75 Å². The number of ether oxygens (including phenoxy) is 2. The van der Waals surface area contributed by atoms with Crippen LogP contribution in [0.5, 0.6) is 5.75 Å². The maximum Gasteiger partial charge on any atom is 0.258 e. The molecule has 12 heteroatoms. The van der Waals surface area contributed by atoms with Crippen molar-refractivity contribution in [2.75, 3.05) is 38.7 Å². The van der Waals surface area contributed by atoms with Crippen molar-refractivity contribution in [2.24, 2.45) is 5.92 Å². The topological polar surface area (TPSA) is 125 Å². The summed E-state index contributed by atoms with van der Waals surface area (Å²) in [6.45, 7) is 5.70. The van der Waals surface area contributed by atoms with Gasteiger partial charge in [0.15, 0.2) is 0 Å². The van der Waals surface area contributed by atoms with Gasteiger partial charge in [-0.2, -0.15) is 4.31 Å². The third-order valence-electron chi connectivity index (χ3n) is 8.50. The zero-order valence-electron chi connectivity index (χ0n) is 28.0. The molecule has 48 heavy (non-hydrogen) atoms. The maximum absolute atomic E-state index is 14.3. The number of aliphatic hydroxyl groups excluding tert-OH is 1. The molecule has 4 rings (SSSR count). The lowest BCUT2D eigenvalue weighted by atomic mass is 10.0. The molecular weight excluding hydrogens is 637 g/mol. The van der Waals surface area contributed by atoms with Crippen molar-refractivity contribution < 1.29 is 37.0 Å². The predicted octanol–water partition coefficient (Wildman–Crippen LogP) is 5.12. The van der Waals surface area contributed by atoms with Crippen molar-refractivity contribution in [1.29, 1.82) is 0 Å². The van der Waals surface area contributed by atoms with Crippen molar-refractivity contribution in [2.45, 2.75) is 69.6 Å². The molecule has 0 spiro atoms. The summed E-state index contributed by atoms with van der Waals surface area (Å²) >= 11 is 0. The molecule has 1 aliphatic heterocycles. The predicted molar refractivity (Wildman–Crippen MR) is 182 cm³/mol. The van der Waals surface area contributed by atoms with Crippen molar-refractivity contribution in [3.05, 3.63) is 89.7 Å². The van der Waals surface area contributed by atoms with E-state index in [0.717, 1.165) is 24.1 Å². The minimum Gasteiger partial charge on any atom is -0.490 e. The van der Waals surface area contributed by atoms with Crippen molar-refractivity contribution in [3.63, 3.8) is 0 Å². The van der Waals surface area contributed by atoms with Gasteiger partial charge >= 0.3 is 0 Å². The summed E-state index contributed by atoms with van der Waals surface area (Å²) in [6.07, 6.45) is 1.49. The van der Waals surface area contributed by atoms with Crippen LogP contribution in [0.1, 0.15) is 56.0 Å². The highest BCUT2D eigenvalue weighted by Gasteiger charge is 2.32. The Morgan fingerprint density at radius 1 is 1.08 bits per heavy atom. The highest BCUT2D eigenvalue weighted by molar-refractivity contribution is 7.89. The summed E-state index contributed by atoms with van der Waals surface area (Å²) in [4.78, 5) is 28.7. The van der Waals surface area contributed by atoms with E-state index in [1.165, 1.54) is 28.4 Å². The average Bonchev–Trinajstić information content (AvgIpc) is 3.06. The molecule has 260 valence electrons. The van der Waals surface area contributed by atoms with Crippen LogP contribution in [0.3, 0.4) is 0 Å². The first-order valence-electron chi connectivity index (χ1n) is 16.3. The van der Waals surface area contributed by atoms with Crippen LogP contribution in [0, 0.1) is 11.7 Å². The monoisotopic (exact) mass is 683 g/mol. The van der Waals surface area contributed by atoms with E-state index in [4.69, 9.17) is 9.47 Å². The van der Waals surface area contributed by atoms with Gasteiger partial charge in [-0.25, -0.2) is 12.8 Å². The molecule has 0 aliphatic carbocycles. The largest absolute Gasteiger partial charge is 0.490 e. The Bertz CT molecular complexity index is 1620. The molecule has 0 unspecified atom stereocenters. The molecule has 10 nitrogen and oxygen atoms in total. The first-order chi connectivity index (χ1) is 22.9. The maximum atomic E-state index is 14.3.